The molecule has 2 aromatic carbocycles. The maximum Gasteiger partial charge on any atom is 0.259 e. The summed E-state index contributed by atoms with van der Waals surface area (Å²) >= 11 is 12.2. The van der Waals surface area contributed by atoms with Gasteiger partial charge < -0.3 is 10.2 Å². The molecular formula is C24H30Cl2N2O2. The van der Waals surface area contributed by atoms with Crippen LogP contribution in [-0.2, 0) is 4.79 Å². The van der Waals surface area contributed by atoms with Crippen molar-refractivity contribution in [1.82, 2.24) is 5.32 Å². The molecule has 0 bridgehead atoms. The minimum Gasteiger partial charge on any atom is -0.356 e. The second-order valence-electron chi connectivity index (χ2n) is 7.28. The molecule has 0 spiro atoms. The maximum atomic E-state index is 13.1. The van der Waals surface area contributed by atoms with E-state index in [0.717, 1.165) is 18.5 Å². The molecule has 0 atom stereocenters. The molecule has 2 amide bonds. The van der Waals surface area contributed by atoms with E-state index in [1.165, 1.54) is 19.3 Å². The van der Waals surface area contributed by atoms with E-state index in [1.807, 2.05) is 30.3 Å². The summed E-state index contributed by atoms with van der Waals surface area (Å²) in [7, 11) is 0. The molecule has 0 unspecified atom stereocenters. The van der Waals surface area contributed by atoms with Crippen LogP contribution in [0.1, 0.15) is 62.2 Å². The number of hydrogen-bond donors (Lipinski definition) is 1. The van der Waals surface area contributed by atoms with Crippen molar-refractivity contribution in [1.29, 1.82) is 0 Å². The highest BCUT2D eigenvalue weighted by atomic mass is 35.5. The van der Waals surface area contributed by atoms with Crippen LogP contribution in [-0.4, -0.2) is 24.9 Å². The van der Waals surface area contributed by atoms with Crippen molar-refractivity contribution in [3.8, 4) is 0 Å². The molecule has 0 saturated carbocycles. The van der Waals surface area contributed by atoms with Crippen LogP contribution in [0.4, 0.5) is 5.69 Å². The molecule has 1 N–H and O–H groups in total. The van der Waals surface area contributed by atoms with Crippen LogP contribution >= 0.6 is 23.2 Å². The maximum absolute atomic E-state index is 13.1. The predicted molar refractivity (Wildman–Crippen MR) is 126 cm³/mol. The van der Waals surface area contributed by atoms with E-state index >= 15 is 0 Å². The summed E-state index contributed by atoms with van der Waals surface area (Å²) in [6, 6.07) is 14.3. The van der Waals surface area contributed by atoms with Gasteiger partial charge in [-0.1, -0.05) is 74.0 Å². The molecule has 2 rings (SSSR count). The Balaban J connectivity index is 1.91. The number of nitrogens with one attached hydrogen (secondary N) is 1. The number of carbonyl (C=O) groups is 2. The van der Waals surface area contributed by atoms with Gasteiger partial charge in [-0.15, -0.1) is 0 Å². The smallest absolute Gasteiger partial charge is 0.259 e. The summed E-state index contributed by atoms with van der Waals surface area (Å²) in [6.07, 6.45) is 6.84. The number of hydrogen-bond acceptors (Lipinski definition) is 2. The lowest BCUT2D eigenvalue weighted by Crippen LogP contribution is -2.34. The Bertz CT molecular complexity index is 812. The van der Waals surface area contributed by atoms with E-state index in [-0.39, 0.29) is 11.8 Å². The summed E-state index contributed by atoms with van der Waals surface area (Å²) in [5.74, 6) is -0.116. The van der Waals surface area contributed by atoms with Gasteiger partial charge in [0.25, 0.3) is 5.91 Å². The zero-order valence-electron chi connectivity index (χ0n) is 17.5. The monoisotopic (exact) mass is 448 g/mol. The van der Waals surface area contributed by atoms with Crippen LogP contribution in [0, 0.1) is 0 Å². The molecule has 0 aromatic heterocycles. The van der Waals surface area contributed by atoms with Crippen LogP contribution in [0.15, 0.2) is 48.5 Å². The number of rotatable bonds is 12. The van der Waals surface area contributed by atoms with Gasteiger partial charge in [0.05, 0.1) is 10.6 Å². The zero-order valence-corrected chi connectivity index (χ0v) is 19.0. The Morgan fingerprint density at radius 2 is 1.67 bits per heavy atom. The molecule has 0 aliphatic heterocycles. The van der Waals surface area contributed by atoms with Crippen molar-refractivity contribution in [3.05, 3.63) is 64.1 Å². The van der Waals surface area contributed by atoms with Crippen LogP contribution in [0.3, 0.4) is 0 Å². The molecule has 162 valence electrons. The van der Waals surface area contributed by atoms with E-state index in [4.69, 9.17) is 23.2 Å². The summed E-state index contributed by atoms with van der Waals surface area (Å²) < 4.78 is 0. The van der Waals surface area contributed by atoms with E-state index in [0.29, 0.717) is 41.5 Å². The normalized spacial score (nSPS) is 10.6. The van der Waals surface area contributed by atoms with Crippen molar-refractivity contribution >= 4 is 40.7 Å². The predicted octanol–water partition coefficient (Wildman–Crippen LogP) is 6.51. The van der Waals surface area contributed by atoms with E-state index < -0.39 is 0 Å². The molecular weight excluding hydrogens is 419 g/mol. The van der Waals surface area contributed by atoms with Crippen molar-refractivity contribution in [2.75, 3.05) is 18.0 Å². The van der Waals surface area contributed by atoms with Gasteiger partial charge in [-0.2, -0.15) is 0 Å². The summed E-state index contributed by atoms with van der Waals surface area (Å²) in [4.78, 5) is 26.8. The van der Waals surface area contributed by atoms with Crippen LogP contribution in [0.2, 0.25) is 10.0 Å². The number of para-hydroxylation sites is 1. The standard InChI is InChI=1S/C24H30Cl2N2O2/c1-2-3-4-5-9-13-23(29)27-16-10-17-28(20-11-7-6-8-12-20)24(30)21-15-14-19(25)18-22(21)26/h6-8,11-12,14-15,18H,2-5,9-10,13,16-17H2,1H3,(H,27,29). The number of unbranched alkanes of at least 4 members (excludes halogenated alkanes) is 4. The SMILES string of the molecule is CCCCCCCC(=O)NCCCN(C(=O)c1ccc(Cl)cc1Cl)c1ccccc1. The van der Waals surface area contributed by atoms with Crippen LogP contribution in [0.5, 0.6) is 0 Å². The summed E-state index contributed by atoms with van der Waals surface area (Å²) in [5, 5.41) is 3.77. The third kappa shape index (κ3) is 8.00. The Hall–Kier alpha value is -2.04. The quantitative estimate of drug-likeness (QED) is 0.376. The second-order valence-corrected chi connectivity index (χ2v) is 8.13. The lowest BCUT2D eigenvalue weighted by atomic mass is 10.1. The topological polar surface area (TPSA) is 49.4 Å². The van der Waals surface area contributed by atoms with Gasteiger partial charge in [-0.05, 0) is 43.2 Å². The molecule has 6 heteroatoms. The van der Waals surface area contributed by atoms with Gasteiger partial charge in [0.2, 0.25) is 5.91 Å². The number of halogens is 2. The lowest BCUT2D eigenvalue weighted by Gasteiger charge is -2.23. The number of nitrogens with zero attached hydrogens (tertiary/aromatic N) is 1. The molecule has 2 aromatic rings. The number of anilines is 1. The van der Waals surface area contributed by atoms with Crippen LogP contribution < -0.4 is 10.2 Å². The first-order valence-corrected chi connectivity index (χ1v) is 11.4. The Labute approximate surface area is 189 Å². The molecule has 0 radical (unpaired) electrons. The largest absolute Gasteiger partial charge is 0.356 e. The van der Waals surface area contributed by atoms with Gasteiger partial charge in [-0.3, -0.25) is 9.59 Å². The highest BCUT2D eigenvalue weighted by Gasteiger charge is 2.20. The van der Waals surface area contributed by atoms with Crippen molar-refractivity contribution in [2.24, 2.45) is 0 Å². The second kappa shape index (κ2) is 13.3. The van der Waals surface area contributed by atoms with E-state index in [9.17, 15) is 9.59 Å². The highest BCUT2D eigenvalue weighted by molar-refractivity contribution is 6.37. The number of carbonyl (C=O) groups excluding carboxylic acids is 2. The van der Waals surface area contributed by atoms with E-state index in [1.54, 1.807) is 23.1 Å². The fraction of sp³-hybridized carbons (Fsp3) is 0.417. The minimum absolute atomic E-state index is 0.0739. The first kappa shape index (κ1) is 24.2. The van der Waals surface area contributed by atoms with Crippen molar-refractivity contribution in [2.45, 2.75) is 51.9 Å². The lowest BCUT2D eigenvalue weighted by molar-refractivity contribution is -0.121. The molecule has 30 heavy (non-hydrogen) atoms. The van der Waals surface area contributed by atoms with Gasteiger partial charge in [0.15, 0.2) is 0 Å². The first-order valence-electron chi connectivity index (χ1n) is 10.6. The van der Waals surface area contributed by atoms with Gasteiger partial charge in [0.1, 0.15) is 0 Å². The molecule has 0 saturated heterocycles. The minimum atomic E-state index is -0.190. The molecule has 0 aliphatic carbocycles. The average molecular weight is 449 g/mol. The fourth-order valence-electron chi connectivity index (χ4n) is 3.21. The third-order valence-electron chi connectivity index (χ3n) is 4.86. The Morgan fingerprint density at radius 3 is 2.37 bits per heavy atom. The molecule has 0 heterocycles. The molecule has 0 aliphatic rings. The van der Waals surface area contributed by atoms with Gasteiger partial charge >= 0.3 is 0 Å². The Kier molecular flexibility index (Phi) is 10.7. The third-order valence-corrected chi connectivity index (χ3v) is 5.41. The van der Waals surface area contributed by atoms with Crippen molar-refractivity contribution in [3.63, 3.8) is 0 Å². The van der Waals surface area contributed by atoms with E-state index in [2.05, 4.69) is 12.2 Å². The summed E-state index contributed by atoms with van der Waals surface area (Å²) in [5.41, 5.74) is 1.19. The molecule has 4 nitrogen and oxygen atoms in total. The fourth-order valence-corrected chi connectivity index (χ4v) is 3.70. The highest BCUT2D eigenvalue weighted by Crippen LogP contribution is 2.25. The van der Waals surface area contributed by atoms with Crippen molar-refractivity contribution < 1.29 is 9.59 Å². The molecule has 0 fully saturated rings. The zero-order chi connectivity index (χ0) is 21.8. The Morgan fingerprint density at radius 1 is 0.933 bits per heavy atom. The average Bonchev–Trinajstić information content (AvgIpc) is 2.74. The first-order chi connectivity index (χ1) is 14.5. The van der Waals surface area contributed by atoms with Crippen LogP contribution in [0.25, 0.3) is 0 Å². The van der Waals surface area contributed by atoms with Gasteiger partial charge in [0, 0.05) is 30.2 Å². The van der Waals surface area contributed by atoms with Gasteiger partial charge in [-0.25, -0.2) is 0 Å². The number of benzene rings is 2. The number of amides is 2. The summed E-state index contributed by atoms with van der Waals surface area (Å²) in [6.45, 7) is 3.18.